The summed E-state index contributed by atoms with van der Waals surface area (Å²) in [5.74, 6) is 1.29. The quantitative estimate of drug-likeness (QED) is 0.212. The summed E-state index contributed by atoms with van der Waals surface area (Å²) in [5.41, 5.74) is 5.65. The summed E-state index contributed by atoms with van der Waals surface area (Å²) < 4.78 is 0. The summed E-state index contributed by atoms with van der Waals surface area (Å²) in [5, 5.41) is 0.903. The summed E-state index contributed by atoms with van der Waals surface area (Å²) in [6, 6.07) is 43.1. The van der Waals surface area contributed by atoms with Crippen molar-refractivity contribution >= 4 is 23.2 Å². The van der Waals surface area contributed by atoms with Gasteiger partial charge < -0.3 is 0 Å². The zero-order valence-corrected chi connectivity index (χ0v) is 21.8. The van der Waals surface area contributed by atoms with E-state index in [1.807, 2.05) is 121 Å². The van der Waals surface area contributed by atoms with Crippen LogP contribution in [0.15, 0.2) is 133 Å². The average Bonchev–Trinajstić information content (AvgIpc) is 2.99. The fourth-order valence-electron chi connectivity index (χ4n) is 3.78. The molecule has 6 rings (SSSR count). The zero-order valence-electron chi connectivity index (χ0n) is 20.2. The normalized spacial score (nSPS) is 10.4. The van der Waals surface area contributed by atoms with Crippen LogP contribution in [-0.4, -0.2) is 19.9 Å². The lowest BCUT2D eigenvalue weighted by molar-refractivity contribution is 1.18. The zero-order chi connectivity index (χ0) is 26.2. The van der Waals surface area contributed by atoms with E-state index in [0.29, 0.717) is 22.0 Å². The second kappa shape index (κ2) is 12.2. The van der Waals surface area contributed by atoms with Gasteiger partial charge in [0.1, 0.15) is 10.3 Å². The van der Waals surface area contributed by atoms with E-state index in [1.54, 1.807) is 12.1 Å². The number of hydrogen-bond acceptors (Lipinski definition) is 4. The van der Waals surface area contributed by atoms with Gasteiger partial charge in [0.25, 0.3) is 0 Å². The van der Waals surface area contributed by atoms with E-state index in [0.717, 1.165) is 33.6 Å². The van der Waals surface area contributed by atoms with Crippen molar-refractivity contribution in [3.05, 3.63) is 144 Å². The molecule has 2 heterocycles. The van der Waals surface area contributed by atoms with Gasteiger partial charge in [-0.1, -0.05) is 145 Å². The number of aromatic nitrogens is 4. The van der Waals surface area contributed by atoms with Gasteiger partial charge in [-0.25, -0.2) is 19.9 Å². The molecule has 0 atom stereocenters. The monoisotopic (exact) mass is 532 g/mol. The van der Waals surface area contributed by atoms with Gasteiger partial charge in [0, 0.05) is 34.4 Å². The standard InChI is InChI=1S/2C16H11ClN2/c2*17-15-11-14(12-7-3-1-4-8-12)18-16(19-15)13-9-5-2-6-10-13/h2*1-11H. The summed E-state index contributed by atoms with van der Waals surface area (Å²) >= 11 is 12.2. The van der Waals surface area contributed by atoms with E-state index in [1.165, 1.54) is 0 Å². The van der Waals surface area contributed by atoms with Gasteiger partial charge >= 0.3 is 0 Å². The van der Waals surface area contributed by atoms with Gasteiger partial charge in [-0.15, -0.1) is 0 Å². The number of benzene rings is 4. The maximum Gasteiger partial charge on any atom is 0.161 e. The molecule has 0 aliphatic rings. The lowest BCUT2D eigenvalue weighted by Crippen LogP contribution is -1.92. The molecule has 184 valence electrons. The predicted octanol–water partition coefficient (Wildman–Crippen LogP) is 8.93. The predicted molar refractivity (Wildman–Crippen MR) is 156 cm³/mol. The average molecular weight is 533 g/mol. The Hall–Kier alpha value is -4.38. The second-order valence-corrected chi connectivity index (χ2v) is 9.04. The van der Waals surface area contributed by atoms with Crippen LogP contribution in [0.3, 0.4) is 0 Å². The molecule has 0 aliphatic heterocycles. The van der Waals surface area contributed by atoms with Gasteiger partial charge in [-0.2, -0.15) is 0 Å². The van der Waals surface area contributed by atoms with Crippen molar-refractivity contribution in [1.82, 2.24) is 19.9 Å². The molecule has 0 spiro atoms. The molecule has 6 aromatic rings. The summed E-state index contributed by atoms with van der Waals surface area (Å²) in [7, 11) is 0. The molecular weight excluding hydrogens is 511 g/mol. The van der Waals surface area contributed by atoms with Crippen molar-refractivity contribution in [3.8, 4) is 45.3 Å². The summed E-state index contributed by atoms with van der Waals surface area (Å²) in [6.45, 7) is 0. The van der Waals surface area contributed by atoms with Crippen LogP contribution in [0.4, 0.5) is 0 Å². The highest BCUT2D eigenvalue weighted by molar-refractivity contribution is 6.30. The van der Waals surface area contributed by atoms with Gasteiger partial charge in [-0.3, -0.25) is 0 Å². The molecule has 2 aromatic heterocycles. The van der Waals surface area contributed by atoms with E-state index in [2.05, 4.69) is 19.9 Å². The fourth-order valence-corrected chi connectivity index (χ4v) is 4.15. The van der Waals surface area contributed by atoms with Crippen LogP contribution in [0.2, 0.25) is 10.3 Å². The first kappa shape index (κ1) is 25.3. The van der Waals surface area contributed by atoms with Crippen LogP contribution in [0, 0.1) is 0 Å². The first-order chi connectivity index (χ1) is 18.7. The highest BCUT2D eigenvalue weighted by Crippen LogP contribution is 2.25. The van der Waals surface area contributed by atoms with Crippen molar-refractivity contribution in [2.45, 2.75) is 0 Å². The number of hydrogen-bond donors (Lipinski definition) is 0. The molecule has 38 heavy (non-hydrogen) atoms. The van der Waals surface area contributed by atoms with Crippen LogP contribution in [0.25, 0.3) is 45.3 Å². The largest absolute Gasteiger partial charge is 0.228 e. The highest BCUT2D eigenvalue weighted by Gasteiger charge is 2.08. The Bertz CT molecular complexity index is 1370. The van der Waals surface area contributed by atoms with E-state index in [9.17, 15) is 0 Å². The van der Waals surface area contributed by atoms with Gasteiger partial charge in [-0.05, 0) is 0 Å². The maximum atomic E-state index is 6.10. The molecule has 4 aromatic carbocycles. The van der Waals surface area contributed by atoms with Gasteiger partial charge in [0.15, 0.2) is 11.6 Å². The van der Waals surface area contributed by atoms with Gasteiger partial charge in [0.05, 0.1) is 11.4 Å². The lowest BCUT2D eigenvalue weighted by Gasteiger charge is -2.05. The molecule has 0 N–H and O–H groups in total. The van der Waals surface area contributed by atoms with E-state index < -0.39 is 0 Å². The molecular formula is C32H22Cl2N4. The van der Waals surface area contributed by atoms with E-state index >= 15 is 0 Å². The second-order valence-electron chi connectivity index (χ2n) is 8.26. The smallest absolute Gasteiger partial charge is 0.161 e. The van der Waals surface area contributed by atoms with Crippen LogP contribution >= 0.6 is 23.2 Å². The summed E-state index contributed by atoms with van der Waals surface area (Å²) in [4.78, 5) is 17.7. The first-order valence-electron chi connectivity index (χ1n) is 12.0. The minimum atomic E-state index is 0.452. The number of nitrogens with zero attached hydrogens (tertiary/aromatic N) is 4. The molecule has 4 nitrogen and oxygen atoms in total. The van der Waals surface area contributed by atoms with E-state index in [-0.39, 0.29) is 0 Å². The van der Waals surface area contributed by atoms with Gasteiger partial charge in [0.2, 0.25) is 0 Å². The van der Waals surface area contributed by atoms with Crippen molar-refractivity contribution < 1.29 is 0 Å². The number of rotatable bonds is 4. The lowest BCUT2D eigenvalue weighted by atomic mass is 10.1. The van der Waals surface area contributed by atoms with Crippen LogP contribution in [0.5, 0.6) is 0 Å². The van der Waals surface area contributed by atoms with E-state index in [4.69, 9.17) is 23.2 Å². The van der Waals surface area contributed by atoms with Crippen LogP contribution in [-0.2, 0) is 0 Å². The Balaban J connectivity index is 0.000000155. The molecule has 0 unspecified atom stereocenters. The minimum Gasteiger partial charge on any atom is -0.228 e. The summed E-state index contributed by atoms with van der Waals surface area (Å²) in [6.07, 6.45) is 0. The third-order valence-electron chi connectivity index (χ3n) is 5.59. The minimum absolute atomic E-state index is 0.452. The Morgan fingerprint density at radius 2 is 0.632 bits per heavy atom. The molecule has 0 amide bonds. The Morgan fingerprint density at radius 3 is 0.947 bits per heavy atom. The fraction of sp³-hybridized carbons (Fsp3) is 0. The number of halogens is 2. The molecule has 0 saturated carbocycles. The molecule has 6 heteroatoms. The van der Waals surface area contributed by atoms with Crippen molar-refractivity contribution in [2.75, 3.05) is 0 Å². The molecule has 0 radical (unpaired) electrons. The van der Waals surface area contributed by atoms with Crippen LogP contribution in [0.1, 0.15) is 0 Å². The third-order valence-corrected chi connectivity index (χ3v) is 5.98. The molecule has 0 aliphatic carbocycles. The third kappa shape index (κ3) is 6.48. The van der Waals surface area contributed by atoms with Crippen molar-refractivity contribution in [2.24, 2.45) is 0 Å². The maximum absolute atomic E-state index is 6.10. The Labute approximate surface area is 231 Å². The topological polar surface area (TPSA) is 51.6 Å². The van der Waals surface area contributed by atoms with Crippen molar-refractivity contribution in [3.63, 3.8) is 0 Å². The molecule has 0 saturated heterocycles. The molecule has 0 bridgehead atoms. The Morgan fingerprint density at radius 1 is 0.342 bits per heavy atom. The highest BCUT2D eigenvalue weighted by atomic mass is 35.5. The molecule has 0 fully saturated rings. The SMILES string of the molecule is Clc1cc(-c2ccccc2)nc(-c2ccccc2)n1.Clc1cc(-c2ccccc2)nc(-c2ccccc2)n1. The Kier molecular flexibility index (Phi) is 8.14. The van der Waals surface area contributed by atoms with Crippen LogP contribution < -0.4 is 0 Å². The van der Waals surface area contributed by atoms with Crippen molar-refractivity contribution in [1.29, 1.82) is 0 Å². The first-order valence-corrected chi connectivity index (χ1v) is 12.7.